The number of anilines is 1. The van der Waals surface area contributed by atoms with Crippen molar-refractivity contribution in [2.75, 3.05) is 5.73 Å². The lowest BCUT2D eigenvalue weighted by atomic mass is 10.0. The summed E-state index contributed by atoms with van der Waals surface area (Å²) in [6.45, 7) is 0. The molecule has 1 heterocycles. The van der Waals surface area contributed by atoms with Crippen LogP contribution in [0.15, 0.2) is 42.7 Å². The fourth-order valence-electron chi connectivity index (χ4n) is 1.87. The molecule has 2 rings (SSSR count). The summed E-state index contributed by atoms with van der Waals surface area (Å²) >= 11 is 5.90. The Morgan fingerprint density at radius 3 is 2.83 bits per heavy atom. The molecule has 1 atom stereocenters. The highest BCUT2D eigenvalue weighted by Gasteiger charge is 2.09. The number of hydrogen-bond acceptors (Lipinski definition) is 3. The quantitative estimate of drug-likeness (QED) is 0.890. The lowest BCUT2D eigenvalue weighted by molar-refractivity contribution is 0.175. The molecule has 0 saturated carbocycles. The van der Waals surface area contributed by atoms with Crippen LogP contribution in [0.3, 0.4) is 0 Å². The zero-order valence-electron chi connectivity index (χ0n) is 9.88. The fourth-order valence-corrected chi connectivity index (χ4v) is 2.08. The maximum absolute atomic E-state index is 10.0. The first-order valence-corrected chi connectivity index (χ1v) is 6.14. The highest BCUT2D eigenvalue weighted by atomic mass is 35.5. The van der Waals surface area contributed by atoms with Crippen molar-refractivity contribution in [3.8, 4) is 0 Å². The summed E-state index contributed by atoms with van der Waals surface area (Å²) in [5, 5.41) is 10.7. The third-order valence-corrected chi connectivity index (χ3v) is 2.99. The van der Waals surface area contributed by atoms with Crippen molar-refractivity contribution >= 4 is 17.3 Å². The van der Waals surface area contributed by atoms with E-state index in [0.717, 1.165) is 11.1 Å². The molecule has 1 aromatic heterocycles. The van der Waals surface area contributed by atoms with Crippen LogP contribution < -0.4 is 5.73 Å². The number of pyridine rings is 1. The Bertz CT molecular complexity index is 531. The number of nitrogens with two attached hydrogens (primary N) is 1. The van der Waals surface area contributed by atoms with Gasteiger partial charge in [0.1, 0.15) is 0 Å². The van der Waals surface area contributed by atoms with Gasteiger partial charge in [-0.2, -0.15) is 0 Å². The molecule has 18 heavy (non-hydrogen) atoms. The van der Waals surface area contributed by atoms with Gasteiger partial charge in [0.2, 0.25) is 0 Å². The Balaban J connectivity index is 2.01. The molecule has 2 aromatic rings. The van der Waals surface area contributed by atoms with Gasteiger partial charge >= 0.3 is 0 Å². The van der Waals surface area contributed by atoms with Crippen LogP contribution in [0.1, 0.15) is 11.1 Å². The molecule has 4 heteroatoms. The van der Waals surface area contributed by atoms with Crippen molar-refractivity contribution in [1.29, 1.82) is 0 Å². The van der Waals surface area contributed by atoms with Crippen LogP contribution >= 0.6 is 11.6 Å². The molecule has 0 aliphatic heterocycles. The molecule has 0 bridgehead atoms. The zero-order valence-corrected chi connectivity index (χ0v) is 10.6. The van der Waals surface area contributed by atoms with Crippen LogP contribution in [-0.2, 0) is 12.8 Å². The van der Waals surface area contributed by atoms with Gasteiger partial charge in [0, 0.05) is 29.5 Å². The van der Waals surface area contributed by atoms with Crippen LogP contribution in [0.5, 0.6) is 0 Å². The summed E-state index contributed by atoms with van der Waals surface area (Å²) in [4.78, 5) is 4.01. The van der Waals surface area contributed by atoms with Gasteiger partial charge in [-0.25, -0.2) is 0 Å². The highest BCUT2D eigenvalue weighted by Crippen LogP contribution is 2.16. The van der Waals surface area contributed by atoms with Gasteiger partial charge < -0.3 is 10.8 Å². The molecule has 0 radical (unpaired) electrons. The van der Waals surface area contributed by atoms with E-state index in [0.29, 0.717) is 23.6 Å². The molecule has 0 spiro atoms. The van der Waals surface area contributed by atoms with Crippen molar-refractivity contribution in [1.82, 2.24) is 4.98 Å². The zero-order chi connectivity index (χ0) is 13.0. The molecule has 0 aliphatic rings. The lowest BCUT2D eigenvalue weighted by Gasteiger charge is -2.12. The van der Waals surface area contributed by atoms with Crippen molar-refractivity contribution in [2.24, 2.45) is 0 Å². The number of hydrogen-bond donors (Lipinski definition) is 2. The number of halogens is 1. The number of aliphatic hydroxyl groups excluding tert-OH is 1. The largest absolute Gasteiger partial charge is 0.398 e. The first-order valence-electron chi connectivity index (χ1n) is 5.76. The third kappa shape index (κ3) is 3.45. The Morgan fingerprint density at radius 2 is 2.11 bits per heavy atom. The Labute approximate surface area is 111 Å². The van der Waals surface area contributed by atoms with E-state index in [9.17, 15) is 5.11 Å². The summed E-state index contributed by atoms with van der Waals surface area (Å²) in [5.74, 6) is 0. The van der Waals surface area contributed by atoms with Gasteiger partial charge in [-0.3, -0.25) is 4.98 Å². The molecular formula is C14H15ClN2O. The third-order valence-electron chi connectivity index (χ3n) is 2.76. The maximum atomic E-state index is 10.0. The highest BCUT2D eigenvalue weighted by molar-refractivity contribution is 6.30. The van der Waals surface area contributed by atoms with Crippen LogP contribution in [0.25, 0.3) is 0 Å². The predicted octanol–water partition coefficient (Wildman–Crippen LogP) is 2.46. The van der Waals surface area contributed by atoms with E-state index in [2.05, 4.69) is 4.98 Å². The second-order valence-electron chi connectivity index (χ2n) is 4.27. The summed E-state index contributed by atoms with van der Waals surface area (Å²) in [7, 11) is 0. The van der Waals surface area contributed by atoms with E-state index < -0.39 is 6.10 Å². The standard InChI is InChI=1S/C14H15ClN2O/c15-12-3-1-2-10(6-12)7-13(18)8-11-9-17-5-4-14(11)16/h1-6,9,13,18H,7-8H2,(H2,16,17). The topological polar surface area (TPSA) is 59.1 Å². The first-order chi connectivity index (χ1) is 8.65. The first kappa shape index (κ1) is 12.9. The average molecular weight is 263 g/mol. The van der Waals surface area contributed by atoms with E-state index in [1.54, 1.807) is 18.5 Å². The van der Waals surface area contributed by atoms with E-state index >= 15 is 0 Å². The Morgan fingerprint density at radius 1 is 1.28 bits per heavy atom. The van der Waals surface area contributed by atoms with Gasteiger partial charge in [-0.15, -0.1) is 0 Å². The van der Waals surface area contributed by atoms with Gasteiger partial charge in [0.15, 0.2) is 0 Å². The minimum atomic E-state index is -0.491. The normalized spacial score (nSPS) is 12.3. The second-order valence-corrected chi connectivity index (χ2v) is 4.70. The summed E-state index contributed by atoms with van der Waals surface area (Å²) in [6, 6.07) is 9.24. The summed E-state index contributed by atoms with van der Waals surface area (Å²) < 4.78 is 0. The molecule has 3 N–H and O–H groups in total. The molecule has 0 saturated heterocycles. The number of nitrogen functional groups attached to an aromatic ring is 1. The number of benzene rings is 1. The van der Waals surface area contributed by atoms with E-state index in [-0.39, 0.29) is 0 Å². The monoisotopic (exact) mass is 262 g/mol. The Kier molecular flexibility index (Phi) is 4.18. The van der Waals surface area contributed by atoms with E-state index in [1.165, 1.54) is 0 Å². The van der Waals surface area contributed by atoms with Crippen LogP contribution in [0.2, 0.25) is 5.02 Å². The smallest absolute Gasteiger partial charge is 0.0622 e. The van der Waals surface area contributed by atoms with Gasteiger partial charge in [-0.1, -0.05) is 23.7 Å². The van der Waals surface area contributed by atoms with E-state index in [4.69, 9.17) is 17.3 Å². The molecule has 3 nitrogen and oxygen atoms in total. The maximum Gasteiger partial charge on any atom is 0.0622 e. The SMILES string of the molecule is Nc1ccncc1CC(O)Cc1cccc(Cl)c1. The number of rotatable bonds is 4. The van der Waals surface area contributed by atoms with Crippen LogP contribution in [0.4, 0.5) is 5.69 Å². The predicted molar refractivity (Wildman–Crippen MR) is 73.5 cm³/mol. The van der Waals surface area contributed by atoms with Gasteiger partial charge in [0.05, 0.1) is 6.10 Å². The number of aliphatic hydroxyl groups is 1. The molecule has 1 unspecified atom stereocenters. The lowest BCUT2D eigenvalue weighted by Crippen LogP contribution is -2.15. The van der Waals surface area contributed by atoms with Crippen molar-refractivity contribution in [2.45, 2.75) is 18.9 Å². The molecule has 0 amide bonds. The number of nitrogens with zero attached hydrogens (tertiary/aromatic N) is 1. The minimum absolute atomic E-state index is 0.491. The van der Waals surface area contributed by atoms with Gasteiger partial charge in [-0.05, 0) is 35.7 Å². The minimum Gasteiger partial charge on any atom is -0.398 e. The molecular weight excluding hydrogens is 248 g/mol. The fraction of sp³-hybridized carbons (Fsp3) is 0.214. The second kappa shape index (κ2) is 5.85. The molecule has 94 valence electrons. The Hall–Kier alpha value is -1.58. The molecule has 0 fully saturated rings. The number of aromatic nitrogens is 1. The van der Waals surface area contributed by atoms with Crippen molar-refractivity contribution in [3.05, 3.63) is 58.9 Å². The van der Waals surface area contributed by atoms with Gasteiger partial charge in [0.25, 0.3) is 0 Å². The molecule has 1 aromatic carbocycles. The average Bonchev–Trinajstić information content (AvgIpc) is 2.32. The van der Waals surface area contributed by atoms with E-state index in [1.807, 2.05) is 24.3 Å². The summed E-state index contributed by atoms with van der Waals surface area (Å²) in [6.07, 6.45) is 3.88. The van der Waals surface area contributed by atoms with Crippen LogP contribution in [-0.4, -0.2) is 16.2 Å². The van der Waals surface area contributed by atoms with Crippen LogP contribution in [0, 0.1) is 0 Å². The summed E-state index contributed by atoms with van der Waals surface area (Å²) in [5.41, 5.74) is 8.36. The van der Waals surface area contributed by atoms with Crippen molar-refractivity contribution in [3.63, 3.8) is 0 Å². The van der Waals surface area contributed by atoms with Crippen molar-refractivity contribution < 1.29 is 5.11 Å². The molecule has 0 aliphatic carbocycles.